The fourth-order valence-electron chi connectivity index (χ4n) is 1.55. The number of thiophene rings is 1. The van der Waals surface area contributed by atoms with Gasteiger partial charge in [0.15, 0.2) is 0 Å². The molecule has 0 radical (unpaired) electrons. The zero-order valence-corrected chi connectivity index (χ0v) is 9.98. The van der Waals surface area contributed by atoms with Crippen LogP contribution < -0.4 is 0 Å². The van der Waals surface area contributed by atoms with Crippen molar-refractivity contribution in [3.05, 3.63) is 45.9 Å². The average Bonchev–Trinajstić information content (AvgIpc) is 2.74. The molecule has 0 unspecified atom stereocenters. The first-order chi connectivity index (χ1) is 8.79. The Morgan fingerprint density at radius 3 is 2.21 bits per heavy atom. The smallest absolute Gasteiger partial charge is 0.426 e. The summed E-state index contributed by atoms with van der Waals surface area (Å²) in [5.74, 6) is -2.00. The first-order valence-corrected chi connectivity index (χ1v) is 5.81. The van der Waals surface area contributed by atoms with Gasteiger partial charge < -0.3 is 5.11 Å². The molecule has 0 bridgehead atoms. The van der Waals surface area contributed by atoms with Gasteiger partial charge in [-0.1, -0.05) is 12.1 Å². The molecular formula is C12H6F4O2S. The number of benzene rings is 1. The third-order valence-electron chi connectivity index (χ3n) is 2.36. The molecule has 0 aliphatic carbocycles. The molecule has 0 atom stereocenters. The molecule has 0 spiro atoms. The summed E-state index contributed by atoms with van der Waals surface area (Å²) in [6, 6.07) is 5.35. The van der Waals surface area contributed by atoms with Crippen molar-refractivity contribution in [3.63, 3.8) is 0 Å². The van der Waals surface area contributed by atoms with E-state index in [2.05, 4.69) is 0 Å². The van der Waals surface area contributed by atoms with Crippen LogP contribution in [0, 0.1) is 5.82 Å². The molecule has 19 heavy (non-hydrogen) atoms. The standard InChI is InChI=1S/C12H6F4O2S/c13-7-3-1-6(2-4-7)8-5-9(11(17)18)19-10(8)12(14,15)16/h1-5H,(H,17,18). The number of aromatic carboxylic acids is 1. The van der Waals surface area contributed by atoms with Crippen LogP contribution in [0.4, 0.5) is 17.6 Å². The van der Waals surface area contributed by atoms with E-state index < -0.39 is 27.7 Å². The van der Waals surface area contributed by atoms with E-state index >= 15 is 0 Å². The molecule has 1 aromatic carbocycles. The third-order valence-corrected chi connectivity index (χ3v) is 3.52. The second-order valence-corrected chi connectivity index (χ2v) is 4.72. The lowest BCUT2D eigenvalue weighted by Crippen LogP contribution is -2.03. The van der Waals surface area contributed by atoms with Crippen molar-refractivity contribution in [1.82, 2.24) is 0 Å². The maximum atomic E-state index is 12.8. The first kappa shape index (κ1) is 13.5. The summed E-state index contributed by atoms with van der Waals surface area (Å²) in [5.41, 5.74) is -0.132. The second kappa shape index (κ2) is 4.65. The van der Waals surface area contributed by atoms with Crippen molar-refractivity contribution < 1.29 is 27.5 Å². The maximum absolute atomic E-state index is 12.8. The number of carboxylic acid groups (broad SMARTS) is 1. The summed E-state index contributed by atoms with van der Waals surface area (Å²) in [4.78, 5) is 9.35. The fraction of sp³-hybridized carbons (Fsp3) is 0.0833. The molecule has 0 amide bonds. The van der Waals surface area contributed by atoms with E-state index in [4.69, 9.17) is 5.11 Å². The normalized spacial score (nSPS) is 11.6. The van der Waals surface area contributed by atoms with Gasteiger partial charge in [0.25, 0.3) is 0 Å². The number of halogens is 4. The number of hydrogen-bond donors (Lipinski definition) is 1. The van der Waals surface area contributed by atoms with Crippen LogP contribution in [-0.2, 0) is 6.18 Å². The van der Waals surface area contributed by atoms with Crippen LogP contribution in [0.25, 0.3) is 11.1 Å². The van der Waals surface area contributed by atoms with E-state index in [9.17, 15) is 22.4 Å². The SMILES string of the molecule is O=C(O)c1cc(-c2ccc(F)cc2)c(C(F)(F)F)s1. The Kier molecular flexibility index (Phi) is 3.32. The number of hydrogen-bond acceptors (Lipinski definition) is 2. The van der Waals surface area contributed by atoms with Crippen LogP contribution >= 0.6 is 11.3 Å². The molecule has 1 N–H and O–H groups in total. The second-order valence-electron chi connectivity index (χ2n) is 3.66. The minimum atomic E-state index is -4.65. The van der Waals surface area contributed by atoms with E-state index in [1.165, 1.54) is 12.1 Å². The zero-order valence-electron chi connectivity index (χ0n) is 9.16. The molecule has 0 fully saturated rings. The summed E-state index contributed by atoms with van der Waals surface area (Å²) in [5, 5.41) is 8.76. The molecule has 1 aromatic heterocycles. The zero-order chi connectivity index (χ0) is 14.2. The molecule has 1 heterocycles. The lowest BCUT2D eigenvalue weighted by Gasteiger charge is -2.07. The number of rotatable bonds is 2. The minimum absolute atomic E-state index is 0.123. The Labute approximate surface area is 108 Å². The lowest BCUT2D eigenvalue weighted by molar-refractivity contribution is -0.133. The van der Waals surface area contributed by atoms with Gasteiger partial charge in [0.05, 0.1) is 0 Å². The van der Waals surface area contributed by atoms with Crippen LogP contribution in [0.1, 0.15) is 14.5 Å². The van der Waals surface area contributed by atoms with Crippen LogP contribution in [0.5, 0.6) is 0 Å². The summed E-state index contributed by atoms with van der Waals surface area (Å²) >= 11 is 0.155. The predicted octanol–water partition coefficient (Wildman–Crippen LogP) is 4.27. The van der Waals surface area contributed by atoms with Crippen LogP contribution in [0.15, 0.2) is 30.3 Å². The topological polar surface area (TPSA) is 37.3 Å². The minimum Gasteiger partial charge on any atom is -0.477 e. The van der Waals surface area contributed by atoms with Gasteiger partial charge in [-0.05, 0) is 23.8 Å². The van der Waals surface area contributed by atoms with Crippen molar-refractivity contribution in [1.29, 1.82) is 0 Å². The fourth-order valence-corrected chi connectivity index (χ4v) is 2.44. The summed E-state index contributed by atoms with van der Waals surface area (Å²) in [7, 11) is 0. The van der Waals surface area contributed by atoms with Gasteiger partial charge in [0, 0.05) is 5.56 Å². The monoisotopic (exact) mass is 290 g/mol. The highest BCUT2D eigenvalue weighted by Crippen LogP contribution is 2.42. The molecule has 2 rings (SSSR count). The Morgan fingerprint density at radius 2 is 1.74 bits per heavy atom. The van der Waals surface area contributed by atoms with Gasteiger partial charge >= 0.3 is 12.1 Å². The molecular weight excluding hydrogens is 284 g/mol. The molecule has 7 heteroatoms. The van der Waals surface area contributed by atoms with E-state index in [0.29, 0.717) is 0 Å². The van der Waals surface area contributed by atoms with Crippen molar-refractivity contribution in [3.8, 4) is 11.1 Å². The lowest BCUT2D eigenvalue weighted by atomic mass is 10.1. The van der Waals surface area contributed by atoms with E-state index in [-0.39, 0.29) is 22.5 Å². The van der Waals surface area contributed by atoms with Gasteiger partial charge in [-0.2, -0.15) is 13.2 Å². The highest BCUT2D eigenvalue weighted by molar-refractivity contribution is 7.14. The predicted molar refractivity (Wildman–Crippen MR) is 61.7 cm³/mol. The Balaban J connectivity index is 2.61. The van der Waals surface area contributed by atoms with E-state index in [0.717, 1.165) is 18.2 Å². The Hall–Kier alpha value is -1.89. The molecule has 2 aromatic rings. The number of carboxylic acids is 1. The number of alkyl halides is 3. The van der Waals surface area contributed by atoms with Crippen molar-refractivity contribution in [2.24, 2.45) is 0 Å². The largest absolute Gasteiger partial charge is 0.477 e. The molecule has 100 valence electrons. The van der Waals surface area contributed by atoms with E-state index in [1.54, 1.807) is 0 Å². The van der Waals surface area contributed by atoms with Gasteiger partial charge in [0.2, 0.25) is 0 Å². The quantitative estimate of drug-likeness (QED) is 0.839. The molecule has 2 nitrogen and oxygen atoms in total. The van der Waals surface area contributed by atoms with Gasteiger partial charge in [0.1, 0.15) is 15.6 Å². The molecule has 0 saturated carbocycles. The highest BCUT2D eigenvalue weighted by atomic mass is 32.1. The van der Waals surface area contributed by atoms with Crippen molar-refractivity contribution in [2.45, 2.75) is 6.18 Å². The van der Waals surface area contributed by atoms with E-state index in [1.807, 2.05) is 0 Å². The third kappa shape index (κ3) is 2.76. The van der Waals surface area contributed by atoms with Gasteiger partial charge in [-0.3, -0.25) is 0 Å². The summed E-state index contributed by atoms with van der Waals surface area (Å²) < 4.78 is 51.3. The highest BCUT2D eigenvalue weighted by Gasteiger charge is 2.37. The van der Waals surface area contributed by atoms with Crippen LogP contribution in [0.2, 0.25) is 0 Å². The van der Waals surface area contributed by atoms with Crippen molar-refractivity contribution >= 4 is 17.3 Å². The van der Waals surface area contributed by atoms with Crippen LogP contribution in [-0.4, -0.2) is 11.1 Å². The first-order valence-electron chi connectivity index (χ1n) is 4.99. The Morgan fingerprint density at radius 1 is 1.16 bits per heavy atom. The maximum Gasteiger partial charge on any atom is 0.426 e. The van der Waals surface area contributed by atoms with Crippen molar-refractivity contribution in [2.75, 3.05) is 0 Å². The molecule has 0 saturated heterocycles. The molecule has 0 aliphatic heterocycles. The van der Waals surface area contributed by atoms with Gasteiger partial charge in [-0.15, -0.1) is 11.3 Å². The number of carbonyl (C=O) groups is 1. The summed E-state index contributed by atoms with van der Waals surface area (Å²) in [6.45, 7) is 0. The molecule has 0 aliphatic rings. The Bertz CT molecular complexity index is 614. The average molecular weight is 290 g/mol. The summed E-state index contributed by atoms with van der Waals surface area (Å²) in [6.07, 6.45) is -4.65. The van der Waals surface area contributed by atoms with Crippen LogP contribution in [0.3, 0.4) is 0 Å². The van der Waals surface area contributed by atoms with Gasteiger partial charge in [-0.25, -0.2) is 9.18 Å².